The molecule has 35 heavy (non-hydrogen) atoms. The number of benzene rings is 2. The topological polar surface area (TPSA) is 96.8 Å². The number of nitrogens with zero attached hydrogens (tertiary/aromatic N) is 4. The van der Waals surface area contributed by atoms with Gasteiger partial charge in [-0.3, -0.25) is 24.6 Å². The van der Waals surface area contributed by atoms with E-state index in [-0.39, 0.29) is 36.4 Å². The van der Waals surface area contributed by atoms with Gasteiger partial charge in [0.15, 0.2) is 0 Å². The van der Waals surface area contributed by atoms with Gasteiger partial charge in [0.1, 0.15) is 17.7 Å². The van der Waals surface area contributed by atoms with Crippen LogP contribution in [0.5, 0.6) is 0 Å². The van der Waals surface area contributed by atoms with Crippen LogP contribution in [0.4, 0.5) is 14.5 Å². The van der Waals surface area contributed by atoms with Crippen molar-refractivity contribution in [2.24, 2.45) is 0 Å². The minimum Gasteiger partial charge on any atom is -0.369 e. The van der Waals surface area contributed by atoms with E-state index in [1.54, 1.807) is 12.1 Å². The molecule has 0 bridgehead atoms. The molecule has 5 rings (SSSR count). The third-order valence-corrected chi connectivity index (χ3v) is 6.89. The zero-order valence-electron chi connectivity index (χ0n) is 18.9. The third-order valence-electron chi connectivity index (χ3n) is 6.89. The molecular weight excluding hydrogens is 456 g/mol. The van der Waals surface area contributed by atoms with E-state index in [2.05, 4.69) is 10.2 Å². The molecule has 2 aromatic rings. The highest BCUT2D eigenvalue weighted by molar-refractivity contribution is 6.06. The standard InChI is InChI=1S/C25H23F2N5O3/c26-17-10-18-19(14-32(25(18)35)21-3-4-23(33)29-24(21)34)22(11-17)31-7-5-30(6-8-31)13-16-2-1-15(12-28)9-20(16)27/h1-2,9-11,21H,3-8,13-14H2,(H,29,33,34). The molecule has 2 aromatic carbocycles. The number of piperazine rings is 1. The summed E-state index contributed by atoms with van der Waals surface area (Å²) >= 11 is 0. The summed E-state index contributed by atoms with van der Waals surface area (Å²) in [6, 6.07) is 8.22. The van der Waals surface area contributed by atoms with Crippen molar-refractivity contribution >= 4 is 23.4 Å². The van der Waals surface area contributed by atoms with Gasteiger partial charge in [-0.1, -0.05) is 6.07 Å². The predicted molar refractivity (Wildman–Crippen MR) is 121 cm³/mol. The Kier molecular flexibility index (Phi) is 5.94. The number of imide groups is 1. The maximum absolute atomic E-state index is 14.5. The SMILES string of the molecule is N#Cc1ccc(CN2CCN(c3cc(F)cc4c3CN(C3CCC(=O)NC3=O)C4=O)CC2)c(F)c1. The summed E-state index contributed by atoms with van der Waals surface area (Å²) in [7, 11) is 0. The van der Waals surface area contributed by atoms with Crippen molar-refractivity contribution in [2.45, 2.75) is 32.0 Å². The van der Waals surface area contributed by atoms with Gasteiger partial charge in [-0.05, 0) is 30.7 Å². The minimum atomic E-state index is -0.761. The molecule has 3 aliphatic rings. The number of hydrogen-bond donors (Lipinski definition) is 1. The van der Waals surface area contributed by atoms with E-state index >= 15 is 0 Å². The number of carbonyl (C=O) groups is 3. The van der Waals surface area contributed by atoms with Crippen LogP contribution >= 0.6 is 0 Å². The fourth-order valence-electron chi connectivity index (χ4n) is 5.02. The minimum absolute atomic E-state index is 0.152. The molecule has 3 aliphatic heterocycles. The van der Waals surface area contributed by atoms with Gasteiger partial charge in [0.05, 0.1) is 11.6 Å². The smallest absolute Gasteiger partial charge is 0.255 e. The summed E-state index contributed by atoms with van der Waals surface area (Å²) < 4.78 is 28.8. The molecule has 2 fully saturated rings. The van der Waals surface area contributed by atoms with Crippen molar-refractivity contribution in [3.8, 4) is 6.07 Å². The number of halogens is 2. The van der Waals surface area contributed by atoms with E-state index in [9.17, 15) is 23.2 Å². The molecule has 1 N–H and O–H groups in total. The van der Waals surface area contributed by atoms with Crippen molar-refractivity contribution in [3.63, 3.8) is 0 Å². The molecule has 0 radical (unpaired) electrons. The van der Waals surface area contributed by atoms with Crippen LogP contribution in [0.2, 0.25) is 0 Å². The van der Waals surface area contributed by atoms with Crippen molar-refractivity contribution in [1.82, 2.24) is 15.1 Å². The fraction of sp³-hybridized carbons (Fsp3) is 0.360. The van der Waals surface area contributed by atoms with Crippen LogP contribution in [-0.4, -0.2) is 59.7 Å². The third kappa shape index (κ3) is 4.35. The Hall–Kier alpha value is -3.84. The van der Waals surface area contributed by atoms with Gasteiger partial charge in [0.2, 0.25) is 11.8 Å². The molecule has 0 aromatic heterocycles. The molecule has 10 heteroatoms. The first-order valence-electron chi connectivity index (χ1n) is 11.5. The van der Waals surface area contributed by atoms with E-state index in [0.717, 1.165) is 0 Å². The van der Waals surface area contributed by atoms with Crippen LogP contribution < -0.4 is 10.2 Å². The second-order valence-electron chi connectivity index (χ2n) is 9.03. The van der Waals surface area contributed by atoms with Gasteiger partial charge in [0, 0.05) is 68.1 Å². The highest BCUT2D eigenvalue weighted by Crippen LogP contribution is 2.35. The van der Waals surface area contributed by atoms with Crippen LogP contribution in [0.1, 0.15) is 39.9 Å². The van der Waals surface area contributed by atoms with Gasteiger partial charge in [-0.15, -0.1) is 0 Å². The number of nitriles is 1. The zero-order valence-corrected chi connectivity index (χ0v) is 18.9. The molecular formula is C25H23F2N5O3. The zero-order chi connectivity index (χ0) is 24.7. The molecule has 3 amide bonds. The summed E-state index contributed by atoms with van der Waals surface area (Å²) in [5.74, 6) is -2.22. The lowest BCUT2D eigenvalue weighted by Gasteiger charge is -2.37. The Labute approximate surface area is 200 Å². The number of piperidine rings is 1. The lowest BCUT2D eigenvalue weighted by atomic mass is 10.0. The monoisotopic (exact) mass is 479 g/mol. The lowest BCUT2D eigenvalue weighted by Crippen LogP contribution is -2.52. The Balaban J connectivity index is 1.30. The average molecular weight is 479 g/mol. The summed E-state index contributed by atoms with van der Waals surface area (Å²) in [4.78, 5) is 42.4. The van der Waals surface area contributed by atoms with Crippen molar-refractivity contribution in [1.29, 1.82) is 5.26 Å². The summed E-state index contributed by atoms with van der Waals surface area (Å²) in [5.41, 5.74) is 2.32. The summed E-state index contributed by atoms with van der Waals surface area (Å²) in [6.07, 6.45) is 0.395. The highest BCUT2D eigenvalue weighted by atomic mass is 19.1. The quantitative estimate of drug-likeness (QED) is 0.674. The first-order chi connectivity index (χ1) is 16.8. The Bertz CT molecular complexity index is 1270. The normalized spacial score (nSPS) is 20.6. The molecule has 1 atom stereocenters. The van der Waals surface area contributed by atoms with Gasteiger partial charge in [0.25, 0.3) is 5.91 Å². The Morgan fingerprint density at radius 3 is 2.51 bits per heavy atom. The number of carbonyl (C=O) groups excluding carboxylic acids is 3. The molecule has 2 saturated heterocycles. The van der Waals surface area contributed by atoms with E-state index in [1.165, 1.54) is 23.1 Å². The number of nitrogens with one attached hydrogen (secondary N) is 1. The number of hydrogen-bond acceptors (Lipinski definition) is 6. The first kappa shape index (κ1) is 22.9. The van der Waals surface area contributed by atoms with Crippen molar-refractivity contribution < 1.29 is 23.2 Å². The average Bonchev–Trinajstić information content (AvgIpc) is 3.16. The number of anilines is 1. The molecule has 0 saturated carbocycles. The molecule has 0 aliphatic carbocycles. The number of amides is 3. The molecule has 0 spiro atoms. The van der Waals surface area contributed by atoms with Crippen LogP contribution in [0.15, 0.2) is 30.3 Å². The van der Waals surface area contributed by atoms with Gasteiger partial charge in [-0.25, -0.2) is 8.78 Å². The van der Waals surface area contributed by atoms with Crippen LogP contribution in [0.25, 0.3) is 0 Å². The highest BCUT2D eigenvalue weighted by Gasteiger charge is 2.41. The maximum Gasteiger partial charge on any atom is 0.255 e. The predicted octanol–water partition coefficient (Wildman–Crippen LogP) is 1.92. The van der Waals surface area contributed by atoms with Crippen molar-refractivity contribution in [2.75, 3.05) is 31.1 Å². The van der Waals surface area contributed by atoms with Crippen LogP contribution in [-0.2, 0) is 22.7 Å². The van der Waals surface area contributed by atoms with Gasteiger partial charge < -0.3 is 9.80 Å². The van der Waals surface area contributed by atoms with Crippen LogP contribution in [0, 0.1) is 23.0 Å². The molecule has 8 nitrogen and oxygen atoms in total. The lowest BCUT2D eigenvalue weighted by molar-refractivity contribution is -0.136. The van der Waals surface area contributed by atoms with E-state index in [4.69, 9.17) is 5.26 Å². The molecule has 180 valence electrons. The fourth-order valence-corrected chi connectivity index (χ4v) is 5.02. The number of fused-ring (bicyclic) bond motifs is 1. The second kappa shape index (κ2) is 9.07. The van der Waals surface area contributed by atoms with E-state index in [0.29, 0.717) is 49.5 Å². The molecule has 3 heterocycles. The van der Waals surface area contributed by atoms with Gasteiger partial charge in [-0.2, -0.15) is 5.26 Å². The van der Waals surface area contributed by atoms with Crippen LogP contribution in [0.3, 0.4) is 0 Å². The summed E-state index contributed by atoms with van der Waals surface area (Å²) in [5, 5.41) is 11.2. The summed E-state index contributed by atoms with van der Waals surface area (Å²) in [6.45, 7) is 2.90. The van der Waals surface area contributed by atoms with E-state index in [1.807, 2.05) is 11.0 Å². The number of rotatable bonds is 4. The Morgan fingerprint density at radius 1 is 1.06 bits per heavy atom. The largest absolute Gasteiger partial charge is 0.369 e. The van der Waals surface area contributed by atoms with Gasteiger partial charge >= 0.3 is 0 Å². The maximum atomic E-state index is 14.5. The molecule has 1 unspecified atom stereocenters. The van der Waals surface area contributed by atoms with Crippen molar-refractivity contribution in [3.05, 3.63) is 64.2 Å². The first-order valence-corrected chi connectivity index (χ1v) is 11.5. The second-order valence-corrected chi connectivity index (χ2v) is 9.03. The Morgan fingerprint density at radius 2 is 1.83 bits per heavy atom. The van der Waals surface area contributed by atoms with E-state index < -0.39 is 29.5 Å².